The van der Waals surface area contributed by atoms with Gasteiger partial charge in [-0.15, -0.1) is 0 Å². The Balaban J connectivity index is 0.00000240. The van der Waals surface area contributed by atoms with Gasteiger partial charge in [0.25, 0.3) is 10.8 Å². The second kappa shape index (κ2) is 9.13. The van der Waals surface area contributed by atoms with Crippen molar-refractivity contribution in [3.8, 4) is 5.75 Å². The second-order valence-corrected chi connectivity index (χ2v) is 7.60. The van der Waals surface area contributed by atoms with E-state index in [0.29, 0.717) is 28.9 Å². The van der Waals surface area contributed by atoms with Crippen molar-refractivity contribution in [3.05, 3.63) is 70.3 Å². The molecule has 0 bridgehead atoms. The number of thioether (sulfide) groups is 1. The molecule has 2 heterocycles. The number of carbonyl (C=O) groups excluding carboxylic acids is 2. The predicted octanol–water partition coefficient (Wildman–Crippen LogP) is 2.03. The zero-order valence-corrected chi connectivity index (χ0v) is 18.9. The summed E-state index contributed by atoms with van der Waals surface area (Å²) >= 11 is 1.01. The van der Waals surface area contributed by atoms with E-state index in [0.717, 1.165) is 17.3 Å². The molecule has 1 aromatic heterocycles. The van der Waals surface area contributed by atoms with Gasteiger partial charge in [-0.1, -0.05) is 36.0 Å². The number of ether oxygens (including phenoxy) is 1. The van der Waals surface area contributed by atoms with E-state index in [1.807, 2.05) is 24.3 Å². The van der Waals surface area contributed by atoms with Crippen molar-refractivity contribution in [1.82, 2.24) is 14.9 Å². The minimum Gasteiger partial charge on any atom is -0.486 e. The second-order valence-electron chi connectivity index (χ2n) is 6.43. The maximum atomic E-state index is 12.4. The van der Waals surface area contributed by atoms with Gasteiger partial charge in [0.2, 0.25) is 5.91 Å². The Bertz CT molecular complexity index is 1130. The molecular formula is C20H17N3NaO4S. The Morgan fingerprint density at radius 2 is 1.83 bits per heavy atom. The first kappa shape index (κ1) is 21.6. The van der Waals surface area contributed by atoms with Crippen LogP contribution in [0.25, 0.3) is 10.9 Å². The third-order valence-corrected chi connectivity index (χ3v) is 5.54. The number of hydrogen-bond acceptors (Lipinski definition) is 6. The summed E-state index contributed by atoms with van der Waals surface area (Å²) in [5.41, 5.74) is 1.47. The smallest absolute Gasteiger partial charge is 0.286 e. The molecule has 2 amide bonds. The van der Waals surface area contributed by atoms with Gasteiger partial charge in [-0.3, -0.25) is 24.3 Å². The molecule has 1 atom stereocenters. The molecular weight excluding hydrogens is 401 g/mol. The number of para-hydroxylation sites is 1. The number of nitrogens with zero attached hydrogens (tertiary/aromatic N) is 2. The number of imide groups is 1. The molecule has 0 saturated carbocycles. The van der Waals surface area contributed by atoms with E-state index in [4.69, 9.17) is 4.74 Å². The number of carbonyl (C=O) groups is 2. The van der Waals surface area contributed by atoms with Crippen LogP contribution >= 0.6 is 11.8 Å². The molecule has 1 unspecified atom stereocenters. The minimum atomic E-state index is -0.393. The summed E-state index contributed by atoms with van der Waals surface area (Å²) < 4.78 is 7.27. The van der Waals surface area contributed by atoms with Gasteiger partial charge >= 0.3 is 0 Å². The normalized spacial score (nSPS) is 15.8. The fraction of sp³-hybridized carbons (Fsp3) is 0.200. The van der Waals surface area contributed by atoms with Gasteiger partial charge in [0, 0.05) is 36.6 Å². The number of fused-ring (bicyclic) bond motifs is 1. The van der Waals surface area contributed by atoms with Crippen LogP contribution in [-0.2, 0) is 24.9 Å². The fourth-order valence-corrected chi connectivity index (χ4v) is 3.86. The predicted molar refractivity (Wildman–Crippen MR) is 112 cm³/mol. The number of rotatable bonds is 5. The van der Waals surface area contributed by atoms with Crippen LogP contribution in [0.2, 0.25) is 0 Å². The molecule has 1 saturated heterocycles. The molecule has 9 heteroatoms. The average molecular weight is 418 g/mol. The largest absolute Gasteiger partial charge is 0.486 e. The number of hydrogen-bond donors (Lipinski definition) is 1. The molecule has 29 heavy (non-hydrogen) atoms. The van der Waals surface area contributed by atoms with E-state index < -0.39 is 5.25 Å². The SMILES string of the molecule is Cn1c(COc2ccc(CC3SC(=O)NC3=O)cc2)nc2ccccc2c1=O.[Na]. The maximum absolute atomic E-state index is 12.4. The molecule has 1 fully saturated rings. The van der Waals surface area contributed by atoms with Gasteiger partial charge in [0.05, 0.1) is 16.2 Å². The summed E-state index contributed by atoms with van der Waals surface area (Å²) in [6.07, 6.45) is 0.475. The standard InChI is InChI=1S/C20H17N3O4S.Na/c1-23-17(21-15-5-3-2-4-14(15)19(23)25)11-27-13-8-6-12(7-9-13)10-16-18(24)22-20(26)28-16;/h2-9,16H,10-11H2,1H3,(H,22,24,26);. The Hall–Kier alpha value is -2.13. The van der Waals surface area contributed by atoms with E-state index >= 15 is 0 Å². The molecule has 3 aromatic rings. The molecule has 2 aromatic carbocycles. The first-order valence-corrected chi connectivity index (χ1v) is 9.57. The van der Waals surface area contributed by atoms with Crippen LogP contribution in [0.5, 0.6) is 5.75 Å². The van der Waals surface area contributed by atoms with Crippen LogP contribution in [0, 0.1) is 0 Å². The Morgan fingerprint density at radius 3 is 2.52 bits per heavy atom. The monoisotopic (exact) mass is 418 g/mol. The van der Waals surface area contributed by atoms with E-state index in [2.05, 4.69) is 10.3 Å². The summed E-state index contributed by atoms with van der Waals surface area (Å²) in [6.45, 7) is 0.158. The zero-order chi connectivity index (χ0) is 19.7. The van der Waals surface area contributed by atoms with Crippen molar-refractivity contribution >= 4 is 63.4 Å². The van der Waals surface area contributed by atoms with Crippen molar-refractivity contribution in [2.75, 3.05) is 0 Å². The molecule has 0 spiro atoms. The molecule has 143 valence electrons. The van der Waals surface area contributed by atoms with Crippen LogP contribution in [0.3, 0.4) is 0 Å². The van der Waals surface area contributed by atoms with Gasteiger partial charge < -0.3 is 4.74 Å². The Kier molecular flexibility index (Phi) is 6.79. The molecule has 1 aliphatic rings. The molecule has 1 radical (unpaired) electrons. The van der Waals surface area contributed by atoms with Gasteiger partial charge in [-0.2, -0.15) is 0 Å². The first-order valence-electron chi connectivity index (χ1n) is 8.69. The molecule has 1 aliphatic heterocycles. The Labute approximate surface area is 193 Å². The van der Waals surface area contributed by atoms with Crippen LogP contribution in [-0.4, -0.2) is 55.5 Å². The van der Waals surface area contributed by atoms with Crippen LogP contribution in [0.15, 0.2) is 53.3 Å². The van der Waals surface area contributed by atoms with Crippen molar-refractivity contribution < 1.29 is 14.3 Å². The number of aromatic nitrogens is 2. The van der Waals surface area contributed by atoms with Crippen molar-refractivity contribution in [2.45, 2.75) is 18.3 Å². The topological polar surface area (TPSA) is 90.3 Å². The Morgan fingerprint density at radius 1 is 1.10 bits per heavy atom. The zero-order valence-electron chi connectivity index (χ0n) is 16.0. The van der Waals surface area contributed by atoms with Crippen molar-refractivity contribution in [2.24, 2.45) is 7.05 Å². The average Bonchev–Trinajstić information content (AvgIpc) is 3.01. The van der Waals surface area contributed by atoms with Crippen LogP contribution in [0.4, 0.5) is 4.79 Å². The van der Waals surface area contributed by atoms with Gasteiger partial charge in [-0.25, -0.2) is 4.98 Å². The summed E-state index contributed by atoms with van der Waals surface area (Å²) in [4.78, 5) is 39.8. The summed E-state index contributed by atoms with van der Waals surface area (Å²) in [6, 6.07) is 14.5. The molecule has 7 nitrogen and oxygen atoms in total. The van der Waals surface area contributed by atoms with Crippen molar-refractivity contribution in [3.63, 3.8) is 0 Å². The van der Waals surface area contributed by atoms with Gasteiger partial charge in [0.1, 0.15) is 18.2 Å². The van der Waals surface area contributed by atoms with Crippen LogP contribution in [0.1, 0.15) is 11.4 Å². The maximum Gasteiger partial charge on any atom is 0.286 e. The molecule has 4 rings (SSSR count). The van der Waals surface area contributed by atoms with Gasteiger partial charge in [0.15, 0.2) is 0 Å². The summed E-state index contributed by atoms with van der Waals surface area (Å²) in [5, 5.41) is 2.16. The quantitative estimate of drug-likeness (QED) is 0.638. The van der Waals surface area contributed by atoms with E-state index in [1.54, 1.807) is 31.3 Å². The van der Waals surface area contributed by atoms with E-state index in [-0.39, 0.29) is 52.9 Å². The molecule has 1 N–H and O–H groups in total. The van der Waals surface area contributed by atoms with E-state index in [9.17, 15) is 14.4 Å². The number of benzene rings is 2. The van der Waals surface area contributed by atoms with E-state index in [1.165, 1.54) is 4.57 Å². The summed E-state index contributed by atoms with van der Waals surface area (Å²) in [7, 11) is 1.68. The van der Waals surface area contributed by atoms with Crippen molar-refractivity contribution in [1.29, 1.82) is 0 Å². The van der Waals surface area contributed by atoms with Crippen LogP contribution < -0.4 is 15.6 Å². The number of nitrogens with one attached hydrogen (secondary N) is 1. The third kappa shape index (κ3) is 4.72. The number of amides is 2. The third-order valence-electron chi connectivity index (χ3n) is 4.56. The first-order chi connectivity index (χ1) is 13.5. The summed E-state index contributed by atoms with van der Waals surface area (Å²) in [5.74, 6) is 0.912. The van der Waals surface area contributed by atoms with Gasteiger partial charge in [-0.05, 0) is 36.2 Å². The fourth-order valence-electron chi connectivity index (χ4n) is 3.00. The molecule has 0 aliphatic carbocycles. The minimum absolute atomic E-state index is 0.